The third-order valence-corrected chi connectivity index (χ3v) is 20.8. The average molecular weight is 1240 g/mol. The van der Waals surface area contributed by atoms with Gasteiger partial charge in [-0.2, -0.15) is 0 Å². The highest BCUT2D eigenvalue weighted by Gasteiger charge is 2.41. The first-order valence-corrected chi connectivity index (χ1v) is 32.0. The number of pyridine rings is 1. The van der Waals surface area contributed by atoms with Gasteiger partial charge in [-0.3, -0.25) is 13.7 Å². The van der Waals surface area contributed by atoms with Gasteiger partial charge in [0.25, 0.3) is 6.33 Å². The van der Waals surface area contributed by atoms with Gasteiger partial charge in [-0.05, 0) is 143 Å². The molecule has 15 aromatic rings. The van der Waals surface area contributed by atoms with Crippen LogP contribution in [0.25, 0.3) is 94.5 Å². The second-order valence-corrected chi connectivity index (χ2v) is 28.1. The first-order chi connectivity index (χ1) is 56.4. The lowest BCUT2D eigenvalue weighted by molar-refractivity contribution is -0.571. The highest BCUT2D eigenvalue weighted by atomic mass is 28.3. The number of ether oxygens (including phenoxy) is 1. The third kappa shape index (κ3) is 10.8. The number of imidazole rings is 1. The molecule has 0 fully saturated rings. The molecule has 450 valence electrons. The van der Waals surface area contributed by atoms with Gasteiger partial charge in [0.15, 0.2) is 8.07 Å². The number of benzene rings is 12. The molecular weight excluding hydrogens is 1150 g/mol. The SMILES string of the molecule is [2H]c1c([2H])c([2H])c(-c2cnc(-n3c4ccccc4c4ccc(Oc5cccc(-n6[c-][n+](-c7c(-c8cccc(C(C)(C)C)c8)cccc7-c7c([2H])c([2H])c([2H])c([Si](c8c([2H])c([2H])c([2H])c([2H])c8[2H])(c8c([2H])c([2H])c([2H])c([2H])c8[2H])c8c([2H])c([2H])c([2H])c([2H])c8[2H])c7[2H])c7ccc(-c8ccc(C(C)(C)C)cc8)cc76)c5)cc43)cc2C([2H])([2H])[2H])c([2H])c1[2H]. The van der Waals surface area contributed by atoms with Crippen molar-refractivity contribution >= 4 is 61.7 Å². The predicted molar refractivity (Wildman–Crippen MR) is 390 cm³/mol. The van der Waals surface area contributed by atoms with Crippen LogP contribution >= 0.6 is 0 Å². The molecule has 93 heavy (non-hydrogen) atoms. The van der Waals surface area contributed by atoms with E-state index < -0.39 is 192 Å². The second-order valence-electron chi connectivity index (χ2n) is 24.6. The molecule has 0 saturated heterocycles. The van der Waals surface area contributed by atoms with Crippen LogP contribution in [0.1, 0.15) is 95.2 Å². The first kappa shape index (κ1) is 35.6. The predicted octanol–water partition coefficient (Wildman–Crippen LogP) is 18.9. The summed E-state index contributed by atoms with van der Waals surface area (Å²) >= 11 is 0. The maximum absolute atomic E-state index is 11.1. The van der Waals surface area contributed by atoms with E-state index in [9.17, 15) is 21.9 Å². The van der Waals surface area contributed by atoms with Crippen LogP contribution in [0.15, 0.2) is 309 Å². The van der Waals surface area contributed by atoms with E-state index in [0.29, 0.717) is 50.0 Å². The monoisotopic (exact) mass is 1240 g/mol. The van der Waals surface area contributed by atoms with Gasteiger partial charge in [0.1, 0.15) is 17.3 Å². The molecule has 15 rings (SSSR count). The molecular formula is C87H72N4OSi. The molecule has 0 atom stereocenters. The van der Waals surface area contributed by atoms with Crippen LogP contribution in [0.4, 0.5) is 0 Å². The largest absolute Gasteiger partial charge is 0.458 e. The van der Waals surface area contributed by atoms with Gasteiger partial charge in [-0.15, -0.1) is 0 Å². The van der Waals surface area contributed by atoms with Crippen molar-refractivity contribution in [2.75, 3.05) is 0 Å². The minimum atomic E-state index is -6.33. The summed E-state index contributed by atoms with van der Waals surface area (Å²) in [5, 5.41) is -2.43. The Morgan fingerprint density at radius 2 is 1.05 bits per heavy atom. The summed E-state index contributed by atoms with van der Waals surface area (Å²) in [5.41, 5.74) is 4.91. The lowest BCUT2D eigenvalue weighted by Gasteiger charge is -2.34. The van der Waals surface area contributed by atoms with Gasteiger partial charge in [0.2, 0.25) is 0 Å². The average Bonchev–Trinajstić information content (AvgIpc) is 0.702. The summed E-state index contributed by atoms with van der Waals surface area (Å²) in [7, 11) is -6.33. The van der Waals surface area contributed by atoms with E-state index in [0.717, 1.165) is 27.6 Å². The van der Waals surface area contributed by atoms with Crippen molar-refractivity contribution in [3.63, 3.8) is 0 Å². The Kier molecular flexibility index (Phi) is 9.08. The number of rotatable bonds is 13. The van der Waals surface area contributed by atoms with Crippen LogP contribution in [0.2, 0.25) is 0 Å². The van der Waals surface area contributed by atoms with Gasteiger partial charge < -0.3 is 4.74 Å². The summed E-state index contributed by atoms with van der Waals surface area (Å²) < 4.78 is 264. The number of aryl methyl sites for hydroxylation is 1. The smallest absolute Gasteiger partial charge is 0.269 e. The summed E-state index contributed by atoms with van der Waals surface area (Å²) in [6, 6.07) is 23.9. The lowest BCUT2D eigenvalue weighted by atomic mass is 9.85. The molecule has 0 bridgehead atoms. The van der Waals surface area contributed by atoms with E-state index in [4.69, 9.17) is 24.8 Å². The van der Waals surface area contributed by atoms with Crippen molar-refractivity contribution in [1.29, 1.82) is 0 Å². The molecule has 0 N–H and O–H groups in total. The minimum Gasteiger partial charge on any atom is -0.458 e. The van der Waals surface area contributed by atoms with Crippen LogP contribution in [-0.4, -0.2) is 22.2 Å². The summed E-state index contributed by atoms with van der Waals surface area (Å²) in [4.78, 5) is 4.75. The van der Waals surface area contributed by atoms with Crippen molar-refractivity contribution in [2.24, 2.45) is 0 Å². The highest BCUT2D eigenvalue weighted by molar-refractivity contribution is 7.19. The molecule has 0 aliphatic heterocycles. The first-order valence-electron chi connectivity index (χ1n) is 43.5. The van der Waals surface area contributed by atoms with E-state index in [-0.39, 0.29) is 44.9 Å². The topological polar surface area (TPSA) is 35.9 Å². The number of para-hydroxylation sites is 2. The number of aromatic nitrogens is 4. The quantitative estimate of drug-likeness (QED) is 0.0499. The van der Waals surface area contributed by atoms with Crippen LogP contribution in [0.5, 0.6) is 11.5 Å². The molecule has 12 aromatic carbocycles. The van der Waals surface area contributed by atoms with Crippen molar-refractivity contribution in [1.82, 2.24) is 14.1 Å². The maximum atomic E-state index is 11.1. The minimum absolute atomic E-state index is 0.0775. The van der Waals surface area contributed by atoms with E-state index >= 15 is 0 Å². The molecule has 0 spiro atoms. The standard InChI is InChI=1S/C87H72N4OSi/c1-60-52-84(88-58-79(60)62-26-12-8-13-27-62)91-80-43-21-20-40-77(80)78-50-49-70(57-82(78)91)92-69-32-24-31-68(56-69)89-59-90(81-51-46-63(55-83(81)89)61-44-47-66(48-45-61)86(2,3)4)85-75(64-28-22-30-67(53-64)87(5,6)7)41-25-42-76(85)65-29-23-39-74(54-65)93(71-33-14-9-15-34-71,72-35-16-10-17-36-72)73-37-18-11-19-38-73/h8-58H,1-7H3/i1D3,8D,9D,10D,11D,12D,13D,14D,15D,16D,17D,18D,19D,23D,26D,27D,29D,33D,34D,35D,36D,37D,38D,39D,54D. The van der Waals surface area contributed by atoms with Gasteiger partial charge in [-0.25, -0.2) is 4.98 Å². The Labute approximate surface area is 584 Å². The lowest BCUT2D eigenvalue weighted by Crippen LogP contribution is -2.74. The molecule has 3 heterocycles. The molecule has 0 radical (unpaired) electrons. The fourth-order valence-electron chi connectivity index (χ4n) is 12.1. The fourth-order valence-corrected chi connectivity index (χ4v) is 15.7. The van der Waals surface area contributed by atoms with E-state index in [1.807, 2.05) is 118 Å². The van der Waals surface area contributed by atoms with Crippen molar-refractivity contribution in [3.05, 3.63) is 332 Å². The second kappa shape index (κ2) is 23.7. The van der Waals surface area contributed by atoms with E-state index in [1.165, 1.54) is 18.3 Å². The van der Waals surface area contributed by atoms with Crippen molar-refractivity contribution < 1.29 is 46.3 Å². The summed E-state index contributed by atoms with van der Waals surface area (Å²) in [6.07, 6.45) is 4.84. The van der Waals surface area contributed by atoms with Crippen LogP contribution in [0.3, 0.4) is 0 Å². The number of fused-ring (bicyclic) bond motifs is 4. The summed E-state index contributed by atoms with van der Waals surface area (Å²) in [5.74, 6) is 0.703. The zero-order valence-electron chi connectivity index (χ0n) is 78.3. The van der Waals surface area contributed by atoms with E-state index in [2.05, 4.69) is 27.1 Å². The van der Waals surface area contributed by atoms with Crippen molar-refractivity contribution in [3.8, 4) is 73.2 Å². The molecule has 0 aliphatic carbocycles. The zero-order chi connectivity index (χ0) is 86.8. The molecule has 0 saturated carbocycles. The Balaban J connectivity index is 1.01. The third-order valence-electron chi connectivity index (χ3n) is 16.8. The Morgan fingerprint density at radius 1 is 0.452 bits per heavy atom. The van der Waals surface area contributed by atoms with Gasteiger partial charge in [0, 0.05) is 32.7 Å². The normalized spacial score (nSPS) is 16.3. The van der Waals surface area contributed by atoms with E-state index in [1.54, 1.807) is 62.2 Å². The van der Waals surface area contributed by atoms with Gasteiger partial charge in [0.05, 0.1) is 66.3 Å². The van der Waals surface area contributed by atoms with Gasteiger partial charge in [-0.1, -0.05) is 290 Å². The van der Waals surface area contributed by atoms with Gasteiger partial charge >= 0.3 is 0 Å². The Hall–Kier alpha value is -10.9. The molecule has 5 nitrogen and oxygen atoms in total. The summed E-state index contributed by atoms with van der Waals surface area (Å²) in [6.45, 7) is 9.50. The fraction of sp³-hybridized carbons (Fsp3) is 0.103. The molecule has 6 heteroatoms. The molecule has 3 aromatic heterocycles. The number of hydrogen-bond donors (Lipinski definition) is 0. The van der Waals surface area contributed by atoms with Crippen LogP contribution in [0, 0.1) is 13.2 Å². The van der Waals surface area contributed by atoms with Crippen LogP contribution in [-0.2, 0) is 10.8 Å². The number of nitrogens with zero attached hydrogens (tertiary/aromatic N) is 4. The maximum Gasteiger partial charge on any atom is 0.269 e. The zero-order valence-corrected chi connectivity index (χ0v) is 52.3. The molecule has 0 aliphatic rings. The highest BCUT2D eigenvalue weighted by Crippen LogP contribution is 2.40. The Bertz CT molecular complexity index is 6620. The Morgan fingerprint density at radius 3 is 1.74 bits per heavy atom. The number of hydrogen-bond acceptors (Lipinski definition) is 2. The molecule has 0 amide bonds. The van der Waals surface area contributed by atoms with Crippen LogP contribution < -0.4 is 30.1 Å². The van der Waals surface area contributed by atoms with Crippen molar-refractivity contribution in [2.45, 2.75) is 59.2 Å². The molecule has 0 unspecified atom stereocenters.